The molecule has 0 saturated carbocycles. The maximum absolute atomic E-state index is 11.8. The van der Waals surface area contributed by atoms with Crippen molar-refractivity contribution in [3.05, 3.63) is 35.4 Å². The van der Waals surface area contributed by atoms with Crippen LogP contribution in [0.2, 0.25) is 0 Å². The summed E-state index contributed by atoms with van der Waals surface area (Å²) in [7, 11) is 0. The van der Waals surface area contributed by atoms with Crippen molar-refractivity contribution in [2.45, 2.75) is 38.1 Å². The summed E-state index contributed by atoms with van der Waals surface area (Å²) in [5.74, 6) is 0.944. The Balaban J connectivity index is 1.78. The maximum atomic E-state index is 11.8. The highest BCUT2D eigenvalue weighted by molar-refractivity contribution is 5.78. The molecule has 0 spiro atoms. The van der Waals surface area contributed by atoms with Crippen LogP contribution in [0.25, 0.3) is 0 Å². The predicted molar refractivity (Wildman–Crippen MR) is 74.9 cm³/mol. The SMILES string of the molecule is O=C1CCCN1Cc1ccccc1C1CC[N]CC1. The number of amides is 1. The number of hydrogen-bond donors (Lipinski definition) is 0. The fourth-order valence-corrected chi connectivity index (χ4v) is 3.21. The largest absolute Gasteiger partial charge is 0.338 e. The summed E-state index contributed by atoms with van der Waals surface area (Å²) in [4.78, 5) is 13.8. The molecule has 2 heterocycles. The third-order valence-corrected chi connectivity index (χ3v) is 4.30. The van der Waals surface area contributed by atoms with Crippen LogP contribution in [0, 0.1) is 0 Å². The Morgan fingerprint density at radius 3 is 2.74 bits per heavy atom. The quantitative estimate of drug-likeness (QED) is 0.818. The highest BCUT2D eigenvalue weighted by Gasteiger charge is 2.23. The van der Waals surface area contributed by atoms with Crippen molar-refractivity contribution in [1.29, 1.82) is 0 Å². The van der Waals surface area contributed by atoms with Crippen molar-refractivity contribution < 1.29 is 4.79 Å². The summed E-state index contributed by atoms with van der Waals surface area (Å²) in [5.41, 5.74) is 2.78. The van der Waals surface area contributed by atoms with Crippen molar-refractivity contribution in [2.75, 3.05) is 19.6 Å². The lowest BCUT2D eigenvalue weighted by Crippen LogP contribution is -2.26. The van der Waals surface area contributed by atoms with E-state index in [4.69, 9.17) is 0 Å². The van der Waals surface area contributed by atoms with E-state index in [1.807, 2.05) is 4.90 Å². The molecule has 0 N–H and O–H groups in total. The lowest BCUT2D eigenvalue weighted by molar-refractivity contribution is -0.128. The van der Waals surface area contributed by atoms with Gasteiger partial charge in [0.05, 0.1) is 0 Å². The first kappa shape index (κ1) is 12.7. The van der Waals surface area contributed by atoms with Gasteiger partial charge in [0.25, 0.3) is 0 Å². The number of carbonyl (C=O) groups excluding carboxylic acids is 1. The molecule has 3 rings (SSSR count). The summed E-state index contributed by atoms with van der Waals surface area (Å²) in [6.45, 7) is 3.69. The smallest absolute Gasteiger partial charge is 0.222 e. The monoisotopic (exact) mass is 257 g/mol. The van der Waals surface area contributed by atoms with E-state index in [9.17, 15) is 4.79 Å². The van der Waals surface area contributed by atoms with Crippen LogP contribution in [0.3, 0.4) is 0 Å². The van der Waals surface area contributed by atoms with Crippen molar-refractivity contribution >= 4 is 5.91 Å². The molecule has 1 radical (unpaired) electrons. The van der Waals surface area contributed by atoms with Gasteiger partial charge in [0.15, 0.2) is 0 Å². The van der Waals surface area contributed by atoms with E-state index < -0.39 is 0 Å². The van der Waals surface area contributed by atoms with Gasteiger partial charge in [-0.05, 0) is 36.3 Å². The minimum atomic E-state index is 0.313. The number of benzene rings is 1. The van der Waals surface area contributed by atoms with E-state index in [0.29, 0.717) is 11.8 Å². The Morgan fingerprint density at radius 1 is 1.21 bits per heavy atom. The lowest BCUT2D eigenvalue weighted by atomic mass is 9.87. The number of likely N-dealkylation sites (tertiary alicyclic amines) is 1. The van der Waals surface area contributed by atoms with Gasteiger partial charge in [0.2, 0.25) is 5.91 Å². The molecule has 1 aromatic rings. The third-order valence-electron chi connectivity index (χ3n) is 4.30. The average Bonchev–Trinajstić information content (AvgIpc) is 2.86. The number of carbonyl (C=O) groups is 1. The normalized spacial score (nSPS) is 21.1. The maximum Gasteiger partial charge on any atom is 0.222 e. The molecule has 2 saturated heterocycles. The van der Waals surface area contributed by atoms with Gasteiger partial charge in [-0.2, -0.15) is 0 Å². The van der Waals surface area contributed by atoms with Gasteiger partial charge in [0, 0.05) is 32.6 Å². The van der Waals surface area contributed by atoms with Gasteiger partial charge >= 0.3 is 0 Å². The summed E-state index contributed by atoms with van der Waals surface area (Å²) in [6.07, 6.45) is 4.06. The highest BCUT2D eigenvalue weighted by atomic mass is 16.2. The Morgan fingerprint density at radius 2 is 2.00 bits per heavy atom. The number of hydrogen-bond acceptors (Lipinski definition) is 1. The van der Waals surface area contributed by atoms with Crippen molar-refractivity contribution in [2.24, 2.45) is 0 Å². The predicted octanol–water partition coefficient (Wildman–Crippen LogP) is 2.29. The minimum absolute atomic E-state index is 0.313. The summed E-state index contributed by atoms with van der Waals surface area (Å²) >= 11 is 0. The molecule has 0 atom stereocenters. The first-order chi connectivity index (χ1) is 9.34. The Labute approximate surface area is 115 Å². The second-order valence-electron chi connectivity index (χ2n) is 5.56. The number of piperidine rings is 1. The van der Waals surface area contributed by atoms with Crippen LogP contribution >= 0.6 is 0 Å². The van der Waals surface area contributed by atoms with E-state index in [1.165, 1.54) is 11.1 Å². The summed E-state index contributed by atoms with van der Waals surface area (Å²) in [5, 5.41) is 4.43. The van der Waals surface area contributed by atoms with Gasteiger partial charge in [0.1, 0.15) is 0 Å². The first-order valence-corrected chi connectivity index (χ1v) is 7.33. The third kappa shape index (κ3) is 2.81. The van der Waals surface area contributed by atoms with E-state index in [2.05, 4.69) is 29.6 Å². The van der Waals surface area contributed by atoms with Gasteiger partial charge in [-0.15, -0.1) is 0 Å². The van der Waals surface area contributed by atoms with E-state index in [-0.39, 0.29) is 0 Å². The first-order valence-electron chi connectivity index (χ1n) is 7.33. The Kier molecular flexibility index (Phi) is 3.83. The molecule has 101 valence electrons. The molecule has 1 aromatic carbocycles. The van der Waals surface area contributed by atoms with Gasteiger partial charge in [-0.25, -0.2) is 5.32 Å². The Hall–Kier alpha value is -1.35. The van der Waals surface area contributed by atoms with Crippen LogP contribution in [-0.4, -0.2) is 30.4 Å². The van der Waals surface area contributed by atoms with Gasteiger partial charge in [-0.1, -0.05) is 24.3 Å². The van der Waals surface area contributed by atoms with Crippen LogP contribution in [0.5, 0.6) is 0 Å². The van der Waals surface area contributed by atoms with Crippen molar-refractivity contribution in [1.82, 2.24) is 10.2 Å². The van der Waals surface area contributed by atoms with Crippen LogP contribution < -0.4 is 5.32 Å². The van der Waals surface area contributed by atoms with E-state index in [1.54, 1.807) is 0 Å². The van der Waals surface area contributed by atoms with Crippen LogP contribution in [0.1, 0.15) is 42.7 Å². The molecular weight excluding hydrogens is 236 g/mol. The summed E-state index contributed by atoms with van der Waals surface area (Å²) in [6, 6.07) is 8.64. The number of rotatable bonds is 3. The molecule has 2 aliphatic rings. The topological polar surface area (TPSA) is 34.4 Å². The molecule has 1 amide bonds. The Bertz CT molecular complexity index is 452. The molecule has 0 unspecified atom stereocenters. The van der Waals surface area contributed by atoms with Crippen LogP contribution in [0.4, 0.5) is 0 Å². The average molecular weight is 257 g/mol. The zero-order valence-corrected chi connectivity index (χ0v) is 11.3. The zero-order chi connectivity index (χ0) is 13.1. The van der Waals surface area contributed by atoms with Crippen molar-refractivity contribution in [3.8, 4) is 0 Å². The number of nitrogens with zero attached hydrogens (tertiary/aromatic N) is 2. The van der Waals surface area contributed by atoms with E-state index in [0.717, 1.165) is 51.9 Å². The molecule has 0 aliphatic carbocycles. The molecule has 2 aliphatic heterocycles. The zero-order valence-electron chi connectivity index (χ0n) is 11.3. The minimum Gasteiger partial charge on any atom is -0.338 e. The fraction of sp³-hybridized carbons (Fsp3) is 0.562. The standard InChI is InChI=1S/C16H21N2O/c19-16-6-3-11-18(16)12-14-4-1-2-5-15(14)13-7-9-17-10-8-13/h1-2,4-5,13H,3,6-12H2. The molecule has 0 bridgehead atoms. The second-order valence-corrected chi connectivity index (χ2v) is 5.56. The molecule has 0 aromatic heterocycles. The lowest BCUT2D eigenvalue weighted by Gasteiger charge is -2.26. The van der Waals surface area contributed by atoms with Gasteiger partial charge < -0.3 is 4.90 Å². The molecule has 3 heteroatoms. The molecule has 3 nitrogen and oxygen atoms in total. The molecule has 2 fully saturated rings. The van der Waals surface area contributed by atoms with Gasteiger partial charge in [-0.3, -0.25) is 4.79 Å². The molecular formula is C16H21N2O. The fourth-order valence-electron chi connectivity index (χ4n) is 3.21. The molecule has 19 heavy (non-hydrogen) atoms. The van der Waals surface area contributed by atoms with Crippen LogP contribution in [0.15, 0.2) is 24.3 Å². The van der Waals surface area contributed by atoms with E-state index >= 15 is 0 Å². The summed E-state index contributed by atoms with van der Waals surface area (Å²) < 4.78 is 0. The van der Waals surface area contributed by atoms with Crippen molar-refractivity contribution in [3.63, 3.8) is 0 Å². The second kappa shape index (κ2) is 5.74. The highest BCUT2D eigenvalue weighted by Crippen LogP contribution is 2.29. The van der Waals surface area contributed by atoms with Crippen LogP contribution in [-0.2, 0) is 11.3 Å².